The number of hydrogen-bond donors (Lipinski definition) is 3. The summed E-state index contributed by atoms with van der Waals surface area (Å²) in [6.07, 6.45) is -2.20. The van der Waals surface area contributed by atoms with E-state index in [0.717, 1.165) is 9.80 Å². The van der Waals surface area contributed by atoms with Gasteiger partial charge in [0.05, 0.1) is 0 Å². The number of rotatable bonds is 3. The molecule has 1 fully saturated rings. The summed E-state index contributed by atoms with van der Waals surface area (Å²) in [5.41, 5.74) is 0. The average molecular weight is 192 g/mol. The van der Waals surface area contributed by atoms with Gasteiger partial charge in [-0.05, 0) is 0 Å². The van der Waals surface area contributed by atoms with Gasteiger partial charge >= 0.3 is 6.03 Å². The van der Waals surface area contributed by atoms with Crippen molar-refractivity contribution in [3.63, 3.8) is 0 Å². The first kappa shape index (κ1) is 10.2. The Morgan fingerprint density at radius 2 is 1.92 bits per heavy atom. The second-order valence-electron chi connectivity index (χ2n) is 2.54. The molecule has 13 heavy (non-hydrogen) atoms. The van der Waals surface area contributed by atoms with E-state index in [-0.39, 0.29) is 0 Å². The SMILES string of the molecule is COC1C(O)N(CO)C(=O)N1CO. The number of carbonyl (C=O) groups excluding carboxylic acids is 1. The lowest BCUT2D eigenvalue weighted by atomic mass is 10.5. The van der Waals surface area contributed by atoms with E-state index in [2.05, 4.69) is 0 Å². The number of urea groups is 1. The van der Waals surface area contributed by atoms with Gasteiger partial charge in [0.15, 0.2) is 12.5 Å². The van der Waals surface area contributed by atoms with E-state index in [1.807, 2.05) is 0 Å². The van der Waals surface area contributed by atoms with Crippen LogP contribution in [-0.2, 0) is 4.74 Å². The fraction of sp³-hybridized carbons (Fsp3) is 0.833. The fourth-order valence-corrected chi connectivity index (χ4v) is 1.24. The molecule has 1 heterocycles. The highest BCUT2D eigenvalue weighted by Crippen LogP contribution is 2.20. The molecule has 1 aliphatic rings. The van der Waals surface area contributed by atoms with Gasteiger partial charge in [-0.25, -0.2) is 4.79 Å². The molecule has 0 spiro atoms. The van der Waals surface area contributed by atoms with Gasteiger partial charge in [0.25, 0.3) is 0 Å². The molecule has 0 bridgehead atoms. The maximum atomic E-state index is 11.2. The number of carbonyl (C=O) groups is 1. The van der Waals surface area contributed by atoms with Crippen LogP contribution in [0.2, 0.25) is 0 Å². The first-order valence-corrected chi connectivity index (χ1v) is 3.67. The van der Waals surface area contributed by atoms with Gasteiger partial charge in [-0.2, -0.15) is 0 Å². The molecule has 7 nitrogen and oxygen atoms in total. The summed E-state index contributed by atoms with van der Waals surface area (Å²) in [5.74, 6) is 0. The Morgan fingerprint density at radius 1 is 1.38 bits per heavy atom. The van der Waals surface area contributed by atoms with Crippen molar-refractivity contribution >= 4 is 6.03 Å². The molecule has 1 rings (SSSR count). The molecule has 0 aliphatic carbocycles. The molecule has 0 aromatic carbocycles. The van der Waals surface area contributed by atoms with Crippen LogP contribution in [0.25, 0.3) is 0 Å². The van der Waals surface area contributed by atoms with Crippen LogP contribution >= 0.6 is 0 Å². The lowest BCUT2D eigenvalue weighted by Gasteiger charge is -2.20. The van der Waals surface area contributed by atoms with E-state index in [1.165, 1.54) is 7.11 Å². The maximum absolute atomic E-state index is 11.2. The summed E-state index contributed by atoms with van der Waals surface area (Å²) in [7, 11) is 1.30. The number of methoxy groups -OCH3 is 1. The quantitative estimate of drug-likeness (QED) is 0.477. The van der Waals surface area contributed by atoms with Gasteiger partial charge in [0.2, 0.25) is 0 Å². The van der Waals surface area contributed by atoms with Crippen molar-refractivity contribution in [1.29, 1.82) is 0 Å². The van der Waals surface area contributed by atoms with E-state index in [0.29, 0.717) is 0 Å². The Labute approximate surface area is 74.7 Å². The zero-order chi connectivity index (χ0) is 10.0. The van der Waals surface area contributed by atoms with E-state index in [9.17, 15) is 9.90 Å². The van der Waals surface area contributed by atoms with E-state index in [4.69, 9.17) is 14.9 Å². The molecule has 2 atom stereocenters. The van der Waals surface area contributed by atoms with E-state index < -0.39 is 31.9 Å². The molecule has 76 valence electrons. The van der Waals surface area contributed by atoms with Crippen LogP contribution in [0.3, 0.4) is 0 Å². The summed E-state index contributed by atoms with van der Waals surface area (Å²) >= 11 is 0. The molecule has 3 N–H and O–H groups in total. The minimum absolute atomic E-state index is 0.565. The summed E-state index contributed by atoms with van der Waals surface area (Å²) in [6.45, 7) is -1.18. The van der Waals surface area contributed by atoms with Gasteiger partial charge in [-0.15, -0.1) is 0 Å². The third-order valence-corrected chi connectivity index (χ3v) is 1.92. The zero-order valence-corrected chi connectivity index (χ0v) is 7.12. The smallest absolute Gasteiger partial charge is 0.328 e. The standard InChI is InChI=1S/C6H12N2O5/c1-13-5-4(11)7(2-9)6(12)8(5)3-10/h4-5,9-11H,2-3H2,1H3. The average Bonchev–Trinajstić information content (AvgIpc) is 2.36. The Balaban J connectivity index is 2.81. The highest BCUT2D eigenvalue weighted by molar-refractivity contribution is 5.77. The zero-order valence-electron chi connectivity index (χ0n) is 7.12. The highest BCUT2D eigenvalue weighted by atomic mass is 16.5. The predicted octanol–water partition coefficient (Wildman–Crippen LogP) is -2.09. The first-order chi connectivity index (χ1) is 6.17. The molecule has 1 aliphatic heterocycles. The van der Waals surface area contributed by atoms with Crippen LogP contribution < -0.4 is 0 Å². The topological polar surface area (TPSA) is 93.5 Å². The summed E-state index contributed by atoms with van der Waals surface area (Å²) in [6, 6.07) is -0.663. The van der Waals surface area contributed by atoms with E-state index >= 15 is 0 Å². The Kier molecular flexibility index (Phi) is 3.04. The molecule has 0 saturated carbocycles. The minimum atomic E-state index is -1.25. The summed E-state index contributed by atoms with van der Waals surface area (Å²) in [5, 5.41) is 26.9. The van der Waals surface area contributed by atoms with Crippen molar-refractivity contribution in [3.8, 4) is 0 Å². The van der Waals surface area contributed by atoms with Gasteiger partial charge in [0, 0.05) is 7.11 Å². The van der Waals surface area contributed by atoms with Crippen LogP contribution in [0.4, 0.5) is 4.79 Å². The lowest BCUT2D eigenvalue weighted by Crippen LogP contribution is -2.39. The Hall–Kier alpha value is -0.890. The number of ether oxygens (including phenoxy) is 1. The van der Waals surface area contributed by atoms with Crippen molar-refractivity contribution in [2.45, 2.75) is 12.5 Å². The molecule has 0 radical (unpaired) electrons. The second-order valence-corrected chi connectivity index (χ2v) is 2.54. The molecular formula is C6H12N2O5. The number of aliphatic hydroxyl groups is 3. The predicted molar refractivity (Wildman–Crippen MR) is 40.0 cm³/mol. The second kappa shape index (κ2) is 3.88. The molecule has 1 saturated heterocycles. The number of hydrogen-bond acceptors (Lipinski definition) is 5. The molecule has 0 aromatic heterocycles. The number of aliphatic hydroxyl groups excluding tert-OH is 3. The van der Waals surface area contributed by atoms with Crippen LogP contribution in [0.5, 0.6) is 0 Å². The molecule has 2 amide bonds. The van der Waals surface area contributed by atoms with Crippen molar-refractivity contribution in [2.75, 3.05) is 20.6 Å². The summed E-state index contributed by atoms with van der Waals surface area (Å²) < 4.78 is 4.77. The van der Waals surface area contributed by atoms with Gasteiger partial charge < -0.3 is 20.1 Å². The Morgan fingerprint density at radius 3 is 2.23 bits per heavy atom. The number of nitrogens with zero attached hydrogens (tertiary/aromatic N) is 2. The van der Waals surface area contributed by atoms with Crippen molar-refractivity contribution in [1.82, 2.24) is 9.80 Å². The van der Waals surface area contributed by atoms with Crippen LogP contribution in [0, 0.1) is 0 Å². The molecule has 7 heteroatoms. The minimum Gasteiger partial charge on any atom is -0.376 e. The van der Waals surface area contributed by atoms with Gasteiger partial charge in [0.1, 0.15) is 13.5 Å². The molecule has 2 unspecified atom stereocenters. The summed E-state index contributed by atoms with van der Waals surface area (Å²) in [4.78, 5) is 12.9. The van der Waals surface area contributed by atoms with Crippen molar-refractivity contribution < 1.29 is 24.9 Å². The third kappa shape index (κ3) is 1.46. The third-order valence-electron chi connectivity index (χ3n) is 1.92. The Bertz CT molecular complexity index is 199. The maximum Gasteiger partial charge on any atom is 0.328 e. The fourth-order valence-electron chi connectivity index (χ4n) is 1.24. The monoisotopic (exact) mass is 192 g/mol. The van der Waals surface area contributed by atoms with Gasteiger partial charge in [-0.1, -0.05) is 0 Å². The highest BCUT2D eigenvalue weighted by Gasteiger charge is 2.44. The molecular weight excluding hydrogens is 180 g/mol. The molecule has 0 aromatic rings. The van der Waals surface area contributed by atoms with Crippen molar-refractivity contribution in [2.24, 2.45) is 0 Å². The van der Waals surface area contributed by atoms with Crippen LogP contribution in [0.1, 0.15) is 0 Å². The first-order valence-electron chi connectivity index (χ1n) is 3.67. The van der Waals surface area contributed by atoms with Crippen molar-refractivity contribution in [3.05, 3.63) is 0 Å². The number of amides is 2. The van der Waals surface area contributed by atoms with Crippen LogP contribution in [0.15, 0.2) is 0 Å². The van der Waals surface area contributed by atoms with Crippen LogP contribution in [-0.4, -0.2) is 64.2 Å². The lowest BCUT2D eigenvalue weighted by molar-refractivity contribution is -0.111. The largest absolute Gasteiger partial charge is 0.376 e. The van der Waals surface area contributed by atoms with Gasteiger partial charge in [-0.3, -0.25) is 9.80 Å². The van der Waals surface area contributed by atoms with E-state index in [1.54, 1.807) is 0 Å². The normalized spacial score (nSPS) is 28.8.